The Bertz CT molecular complexity index is 309. The van der Waals surface area contributed by atoms with Gasteiger partial charge >= 0.3 is 12.1 Å². The van der Waals surface area contributed by atoms with E-state index in [2.05, 4.69) is 15.0 Å². The van der Waals surface area contributed by atoms with Crippen molar-refractivity contribution in [2.24, 2.45) is 0 Å². The number of hydrogen-bond donors (Lipinski definition) is 1. The number of carbonyl (C=O) groups excluding carboxylic acids is 2. The molecule has 1 fully saturated rings. The molecule has 0 saturated carbocycles. The SMILES string of the molecule is CCCC(C(=O)OCC)N1CCC(NC(=O)OC)C1. The van der Waals surface area contributed by atoms with Gasteiger partial charge in [-0.1, -0.05) is 13.3 Å². The quantitative estimate of drug-likeness (QED) is 0.735. The average molecular weight is 272 g/mol. The van der Waals surface area contributed by atoms with Crippen LogP contribution in [-0.4, -0.2) is 55.9 Å². The maximum atomic E-state index is 11.9. The summed E-state index contributed by atoms with van der Waals surface area (Å²) in [6, 6.07) is -0.157. The van der Waals surface area contributed by atoms with Gasteiger partial charge in [0.15, 0.2) is 0 Å². The predicted octanol–water partition coefficient (Wildman–Crippen LogP) is 1.15. The molecule has 0 aromatic rings. The van der Waals surface area contributed by atoms with Gasteiger partial charge in [-0.2, -0.15) is 0 Å². The van der Waals surface area contributed by atoms with Crippen molar-refractivity contribution in [3.8, 4) is 0 Å². The predicted molar refractivity (Wildman–Crippen MR) is 70.8 cm³/mol. The molecule has 1 aliphatic heterocycles. The Labute approximate surface area is 114 Å². The maximum Gasteiger partial charge on any atom is 0.407 e. The van der Waals surface area contributed by atoms with E-state index in [1.54, 1.807) is 0 Å². The lowest BCUT2D eigenvalue weighted by Crippen LogP contribution is -2.43. The summed E-state index contributed by atoms with van der Waals surface area (Å²) in [5.74, 6) is -0.164. The van der Waals surface area contributed by atoms with E-state index >= 15 is 0 Å². The van der Waals surface area contributed by atoms with Crippen LogP contribution in [0.1, 0.15) is 33.1 Å². The molecule has 19 heavy (non-hydrogen) atoms. The number of amides is 1. The molecule has 2 atom stereocenters. The summed E-state index contributed by atoms with van der Waals surface area (Å²) in [5, 5.41) is 2.77. The lowest BCUT2D eigenvalue weighted by molar-refractivity contribution is -0.149. The molecule has 0 aliphatic carbocycles. The van der Waals surface area contributed by atoms with Crippen LogP contribution in [0.5, 0.6) is 0 Å². The molecule has 0 aromatic heterocycles. The minimum atomic E-state index is -0.421. The van der Waals surface area contributed by atoms with Crippen molar-refractivity contribution in [3.63, 3.8) is 0 Å². The monoisotopic (exact) mass is 272 g/mol. The largest absolute Gasteiger partial charge is 0.465 e. The van der Waals surface area contributed by atoms with Crippen LogP contribution in [-0.2, 0) is 14.3 Å². The van der Waals surface area contributed by atoms with Gasteiger partial charge in [-0.05, 0) is 19.8 Å². The number of methoxy groups -OCH3 is 1. The summed E-state index contributed by atoms with van der Waals surface area (Å²) in [4.78, 5) is 25.2. The van der Waals surface area contributed by atoms with Crippen molar-refractivity contribution in [3.05, 3.63) is 0 Å². The first-order chi connectivity index (χ1) is 9.12. The zero-order valence-corrected chi connectivity index (χ0v) is 12.0. The Morgan fingerprint density at radius 1 is 1.42 bits per heavy atom. The molecule has 6 nitrogen and oxygen atoms in total. The second-order valence-electron chi connectivity index (χ2n) is 4.67. The molecule has 1 rings (SSSR count). The van der Waals surface area contributed by atoms with Crippen LogP contribution in [0, 0.1) is 0 Å². The van der Waals surface area contributed by atoms with E-state index in [9.17, 15) is 9.59 Å². The van der Waals surface area contributed by atoms with E-state index in [4.69, 9.17) is 4.74 Å². The van der Waals surface area contributed by atoms with Crippen molar-refractivity contribution in [1.82, 2.24) is 10.2 Å². The molecule has 1 aliphatic rings. The summed E-state index contributed by atoms with van der Waals surface area (Å²) in [6.07, 6.45) is 2.11. The number of carbonyl (C=O) groups is 2. The standard InChI is InChI=1S/C13H24N2O4/c1-4-6-11(12(16)19-5-2)15-8-7-10(9-15)14-13(17)18-3/h10-11H,4-9H2,1-3H3,(H,14,17). The summed E-state index contributed by atoms with van der Waals surface area (Å²) >= 11 is 0. The lowest BCUT2D eigenvalue weighted by Gasteiger charge is -2.25. The van der Waals surface area contributed by atoms with Crippen molar-refractivity contribution in [2.45, 2.75) is 45.2 Å². The van der Waals surface area contributed by atoms with E-state index in [-0.39, 0.29) is 18.1 Å². The van der Waals surface area contributed by atoms with Gasteiger partial charge in [0, 0.05) is 19.1 Å². The Morgan fingerprint density at radius 3 is 2.74 bits per heavy atom. The number of likely N-dealkylation sites (tertiary alicyclic amines) is 1. The fraction of sp³-hybridized carbons (Fsp3) is 0.846. The average Bonchev–Trinajstić information content (AvgIpc) is 2.84. The second-order valence-corrected chi connectivity index (χ2v) is 4.67. The molecular weight excluding hydrogens is 248 g/mol. The first-order valence-electron chi connectivity index (χ1n) is 6.87. The molecule has 1 N–H and O–H groups in total. The highest BCUT2D eigenvalue weighted by Crippen LogP contribution is 2.17. The third-order valence-electron chi connectivity index (χ3n) is 3.29. The fourth-order valence-electron chi connectivity index (χ4n) is 2.38. The van der Waals surface area contributed by atoms with Crippen molar-refractivity contribution < 1.29 is 19.1 Å². The van der Waals surface area contributed by atoms with Crippen LogP contribution in [0.25, 0.3) is 0 Å². The summed E-state index contributed by atoms with van der Waals surface area (Å²) in [5.41, 5.74) is 0. The van der Waals surface area contributed by atoms with Gasteiger partial charge in [0.2, 0.25) is 0 Å². The Kier molecular flexibility index (Phi) is 6.62. The number of hydrogen-bond acceptors (Lipinski definition) is 5. The molecule has 1 heterocycles. The van der Waals surface area contributed by atoms with Crippen molar-refractivity contribution in [1.29, 1.82) is 0 Å². The van der Waals surface area contributed by atoms with Crippen molar-refractivity contribution in [2.75, 3.05) is 26.8 Å². The van der Waals surface area contributed by atoms with Gasteiger partial charge in [-0.25, -0.2) is 4.79 Å². The maximum absolute atomic E-state index is 11.9. The van der Waals surface area contributed by atoms with Gasteiger partial charge in [0.05, 0.1) is 13.7 Å². The summed E-state index contributed by atoms with van der Waals surface area (Å²) in [6.45, 7) is 5.71. The number of ether oxygens (including phenoxy) is 2. The fourth-order valence-corrected chi connectivity index (χ4v) is 2.38. The van der Waals surface area contributed by atoms with Crippen LogP contribution in [0.3, 0.4) is 0 Å². The highest BCUT2D eigenvalue weighted by atomic mass is 16.5. The van der Waals surface area contributed by atoms with Crippen LogP contribution < -0.4 is 5.32 Å². The Morgan fingerprint density at radius 2 is 2.16 bits per heavy atom. The molecule has 0 radical (unpaired) electrons. The molecule has 1 saturated heterocycles. The third kappa shape index (κ3) is 4.70. The smallest absolute Gasteiger partial charge is 0.407 e. The van der Waals surface area contributed by atoms with Gasteiger partial charge in [0.1, 0.15) is 6.04 Å². The molecule has 1 amide bonds. The summed E-state index contributed by atoms with van der Waals surface area (Å²) < 4.78 is 9.70. The second kappa shape index (κ2) is 7.99. The normalized spacial score (nSPS) is 20.9. The van der Waals surface area contributed by atoms with Crippen LogP contribution in [0.2, 0.25) is 0 Å². The highest BCUT2D eigenvalue weighted by Gasteiger charge is 2.33. The molecule has 0 aromatic carbocycles. The highest BCUT2D eigenvalue weighted by molar-refractivity contribution is 5.75. The van der Waals surface area contributed by atoms with Gasteiger partial charge in [0.25, 0.3) is 0 Å². The van der Waals surface area contributed by atoms with Crippen LogP contribution in [0.15, 0.2) is 0 Å². The van der Waals surface area contributed by atoms with E-state index < -0.39 is 6.09 Å². The van der Waals surface area contributed by atoms with E-state index in [0.717, 1.165) is 25.8 Å². The molecular formula is C13H24N2O4. The van der Waals surface area contributed by atoms with Crippen LogP contribution in [0.4, 0.5) is 4.79 Å². The van der Waals surface area contributed by atoms with Crippen molar-refractivity contribution >= 4 is 12.1 Å². The summed E-state index contributed by atoms with van der Waals surface area (Å²) in [7, 11) is 1.35. The van der Waals surface area contributed by atoms with Gasteiger partial charge < -0.3 is 14.8 Å². The number of alkyl carbamates (subject to hydrolysis) is 1. The van der Waals surface area contributed by atoms with E-state index in [1.165, 1.54) is 7.11 Å². The topological polar surface area (TPSA) is 67.9 Å². The third-order valence-corrected chi connectivity index (χ3v) is 3.29. The van der Waals surface area contributed by atoms with E-state index in [0.29, 0.717) is 13.2 Å². The number of esters is 1. The van der Waals surface area contributed by atoms with Gasteiger partial charge in [-0.3, -0.25) is 9.69 Å². The van der Waals surface area contributed by atoms with Gasteiger partial charge in [-0.15, -0.1) is 0 Å². The first-order valence-corrected chi connectivity index (χ1v) is 6.87. The Hall–Kier alpha value is -1.30. The molecule has 2 unspecified atom stereocenters. The zero-order chi connectivity index (χ0) is 14.3. The number of nitrogens with one attached hydrogen (secondary N) is 1. The minimum Gasteiger partial charge on any atom is -0.465 e. The minimum absolute atomic E-state index is 0.0428. The number of rotatable bonds is 6. The zero-order valence-electron chi connectivity index (χ0n) is 12.0. The van der Waals surface area contributed by atoms with Crippen LogP contribution >= 0.6 is 0 Å². The molecule has 110 valence electrons. The number of nitrogens with zero attached hydrogens (tertiary/aromatic N) is 1. The van der Waals surface area contributed by atoms with E-state index in [1.807, 2.05) is 13.8 Å². The lowest BCUT2D eigenvalue weighted by atomic mass is 10.1. The Balaban J connectivity index is 2.53. The molecule has 0 bridgehead atoms. The molecule has 6 heteroatoms. The first kappa shape index (κ1) is 15.8. The molecule has 0 spiro atoms.